The molecule has 0 unspecified atom stereocenters. The fraction of sp³-hybridized carbons (Fsp3) is 0.231. The van der Waals surface area contributed by atoms with E-state index in [0.717, 1.165) is 6.08 Å². The van der Waals surface area contributed by atoms with Crippen LogP contribution in [0.25, 0.3) is 0 Å². The molecule has 2 aromatic carbocycles. The zero-order valence-electron chi connectivity index (χ0n) is 20.7. The molecule has 9 nitrogen and oxygen atoms in total. The van der Waals surface area contributed by atoms with Crippen molar-refractivity contribution in [3.05, 3.63) is 71.9 Å². The largest absolute Gasteiger partial charge is 0.494 e. The van der Waals surface area contributed by atoms with Crippen molar-refractivity contribution in [3.63, 3.8) is 0 Å². The van der Waals surface area contributed by atoms with Crippen molar-refractivity contribution in [2.75, 3.05) is 36.3 Å². The van der Waals surface area contributed by atoms with Crippen LogP contribution in [0.4, 0.5) is 46.4 Å². The minimum atomic E-state index is -4.79. The summed E-state index contributed by atoms with van der Waals surface area (Å²) in [6, 6.07) is 9.35. The van der Waals surface area contributed by atoms with E-state index in [1.807, 2.05) is 0 Å². The van der Waals surface area contributed by atoms with Crippen LogP contribution in [-0.2, 0) is 17.5 Å². The maximum Gasteiger partial charge on any atom is 0.421 e. The Balaban J connectivity index is 1.66. The number of anilines is 5. The molecule has 0 bridgehead atoms. The third kappa shape index (κ3) is 6.08. The number of halogens is 4. The highest BCUT2D eigenvalue weighted by molar-refractivity contribution is 6.04. The van der Waals surface area contributed by atoms with Crippen LogP contribution in [0.15, 0.2) is 55.3 Å². The van der Waals surface area contributed by atoms with Crippen molar-refractivity contribution in [1.82, 2.24) is 14.9 Å². The normalized spacial score (nSPS) is 12.6. The van der Waals surface area contributed by atoms with Gasteiger partial charge in [-0.25, -0.2) is 4.98 Å². The van der Waals surface area contributed by atoms with Crippen molar-refractivity contribution in [1.29, 1.82) is 0 Å². The second kappa shape index (κ2) is 11.4. The van der Waals surface area contributed by atoms with Crippen LogP contribution in [-0.4, -0.2) is 47.0 Å². The highest BCUT2D eigenvalue weighted by atomic mass is 19.4. The van der Waals surface area contributed by atoms with Crippen molar-refractivity contribution >= 4 is 40.6 Å². The molecule has 1 aliphatic heterocycles. The summed E-state index contributed by atoms with van der Waals surface area (Å²) < 4.78 is 59.5. The SMILES string of the molecule is C=CC(=O)Nc1ccc(Nc2ncc(C(F)(F)F)c(Nc3cccc4c3C(=O)N(CCCF)C4)n2)c(OC)c1. The maximum absolute atomic E-state index is 13.8. The first kappa shape index (κ1) is 27.4. The number of carbonyl (C=O) groups is 2. The zero-order chi connectivity index (χ0) is 28.2. The first-order chi connectivity index (χ1) is 18.6. The van der Waals surface area contributed by atoms with Crippen LogP contribution in [0.5, 0.6) is 5.75 Å². The summed E-state index contributed by atoms with van der Waals surface area (Å²) in [5, 5.41) is 8.05. The number of hydrogen-bond acceptors (Lipinski definition) is 7. The minimum absolute atomic E-state index is 0.135. The van der Waals surface area contributed by atoms with Gasteiger partial charge in [0, 0.05) is 31.0 Å². The van der Waals surface area contributed by atoms with Gasteiger partial charge in [0.15, 0.2) is 0 Å². The van der Waals surface area contributed by atoms with Gasteiger partial charge < -0.3 is 25.6 Å². The van der Waals surface area contributed by atoms with Crippen LogP contribution < -0.4 is 20.7 Å². The van der Waals surface area contributed by atoms with Crippen LogP contribution in [0.1, 0.15) is 27.9 Å². The first-order valence-corrected chi connectivity index (χ1v) is 11.7. The van der Waals surface area contributed by atoms with E-state index in [-0.39, 0.29) is 42.5 Å². The number of ether oxygens (including phenoxy) is 1. The lowest BCUT2D eigenvalue weighted by Gasteiger charge is -2.17. The van der Waals surface area contributed by atoms with E-state index in [1.165, 1.54) is 30.2 Å². The lowest BCUT2D eigenvalue weighted by molar-refractivity contribution is -0.137. The second-order valence-electron chi connectivity index (χ2n) is 8.42. The molecule has 13 heteroatoms. The third-order valence-electron chi connectivity index (χ3n) is 5.82. The lowest BCUT2D eigenvalue weighted by atomic mass is 10.1. The van der Waals surface area contributed by atoms with E-state index in [9.17, 15) is 27.2 Å². The van der Waals surface area contributed by atoms with Gasteiger partial charge in [-0.1, -0.05) is 18.7 Å². The second-order valence-corrected chi connectivity index (χ2v) is 8.42. The summed E-state index contributed by atoms with van der Waals surface area (Å²) >= 11 is 0. The number of nitrogens with zero attached hydrogens (tertiary/aromatic N) is 3. The molecule has 1 aliphatic rings. The van der Waals surface area contributed by atoms with Gasteiger partial charge in [-0.3, -0.25) is 14.0 Å². The predicted octanol–water partition coefficient (Wildman–Crippen LogP) is 5.43. The Morgan fingerprint density at radius 2 is 2.00 bits per heavy atom. The Morgan fingerprint density at radius 3 is 2.69 bits per heavy atom. The highest BCUT2D eigenvalue weighted by Crippen LogP contribution is 2.38. The Kier molecular flexibility index (Phi) is 7.98. The number of amides is 2. The zero-order valence-corrected chi connectivity index (χ0v) is 20.7. The molecular weight excluding hydrogens is 520 g/mol. The van der Waals surface area contributed by atoms with E-state index in [0.29, 0.717) is 23.1 Å². The number of nitrogens with one attached hydrogen (secondary N) is 3. The Hall–Kier alpha value is -4.68. The topological polar surface area (TPSA) is 108 Å². The van der Waals surface area contributed by atoms with Gasteiger partial charge >= 0.3 is 6.18 Å². The van der Waals surface area contributed by atoms with Gasteiger partial charge in [0.05, 0.1) is 30.7 Å². The average molecular weight is 545 g/mol. The van der Waals surface area contributed by atoms with E-state index >= 15 is 0 Å². The smallest absolute Gasteiger partial charge is 0.421 e. The molecule has 0 atom stereocenters. The predicted molar refractivity (Wildman–Crippen MR) is 137 cm³/mol. The van der Waals surface area contributed by atoms with Crippen molar-refractivity contribution < 1.29 is 31.9 Å². The van der Waals surface area contributed by atoms with Crippen LogP contribution >= 0.6 is 0 Å². The lowest BCUT2D eigenvalue weighted by Crippen LogP contribution is -2.25. The van der Waals surface area contributed by atoms with E-state index < -0.39 is 36.0 Å². The molecule has 204 valence electrons. The van der Waals surface area contributed by atoms with Gasteiger partial charge in [-0.05, 0) is 36.3 Å². The van der Waals surface area contributed by atoms with Gasteiger partial charge in [0.1, 0.15) is 17.1 Å². The Morgan fingerprint density at radius 1 is 1.21 bits per heavy atom. The molecule has 0 saturated carbocycles. The first-order valence-electron chi connectivity index (χ1n) is 11.7. The highest BCUT2D eigenvalue weighted by Gasteiger charge is 2.36. The number of carbonyl (C=O) groups excluding carboxylic acids is 2. The summed E-state index contributed by atoms with van der Waals surface area (Å²) in [4.78, 5) is 33.8. The van der Waals surface area contributed by atoms with Gasteiger partial charge in [0.25, 0.3) is 5.91 Å². The van der Waals surface area contributed by atoms with Crippen molar-refractivity contribution in [2.24, 2.45) is 0 Å². The number of methoxy groups -OCH3 is 1. The minimum Gasteiger partial charge on any atom is -0.494 e. The molecule has 0 fully saturated rings. The van der Waals surface area contributed by atoms with Crippen molar-refractivity contribution in [2.45, 2.75) is 19.1 Å². The standard InChI is InChI=1S/C26H24F4N6O3/c1-3-21(37)32-16-8-9-18(20(12-16)39-2)34-25-31-13-17(26(28,29)30)23(35-25)33-19-7-4-6-15-14-36(11-5-10-27)24(38)22(15)19/h3-4,6-9,12-13H,1,5,10-11,14H2,2H3,(H,32,37)(H2,31,33,34,35). The molecule has 4 rings (SSSR count). The molecule has 0 saturated heterocycles. The van der Waals surface area contributed by atoms with Gasteiger partial charge in [-0.2, -0.15) is 18.2 Å². The fourth-order valence-electron chi connectivity index (χ4n) is 4.01. The molecule has 2 heterocycles. The number of rotatable bonds is 10. The van der Waals surface area contributed by atoms with Crippen molar-refractivity contribution in [3.8, 4) is 5.75 Å². The summed E-state index contributed by atoms with van der Waals surface area (Å²) in [6.07, 6.45) is -2.91. The third-order valence-corrected chi connectivity index (χ3v) is 5.82. The molecule has 1 aromatic heterocycles. The van der Waals surface area contributed by atoms with Gasteiger partial charge in [0.2, 0.25) is 11.9 Å². The number of aromatic nitrogens is 2. The summed E-state index contributed by atoms with van der Waals surface area (Å²) in [5.41, 5.74) is 0.532. The van der Waals surface area contributed by atoms with E-state index in [2.05, 4.69) is 32.5 Å². The molecule has 0 spiro atoms. The van der Waals surface area contributed by atoms with Gasteiger partial charge in [-0.15, -0.1) is 0 Å². The van der Waals surface area contributed by atoms with Crippen LogP contribution in [0, 0.1) is 0 Å². The number of alkyl halides is 4. The Bertz CT molecular complexity index is 1410. The maximum atomic E-state index is 13.8. The summed E-state index contributed by atoms with van der Waals surface area (Å²) in [5.74, 6) is -1.34. The Labute approximate surface area is 220 Å². The monoisotopic (exact) mass is 544 g/mol. The van der Waals surface area contributed by atoms with E-state index in [1.54, 1.807) is 18.2 Å². The summed E-state index contributed by atoms with van der Waals surface area (Å²) in [6.45, 7) is 3.21. The number of hydrogen-bond donors (Lipinski definition) is 3. The molecule has 2 amide bonds. The fourth-order valence-corrected chi connectivity index (χ4v) is 4.01. The summed E-state index contributed by atoms with van der Waals surface area (Å²) in [7, 11) is 1.38. The molecule has 0 radical (unpaired) electrons. The molecule has 0 aliphatic carbocycles. The number of benzene rings is 2. The molecule has 3 aromatic rings. The van der Waals surface area contributed by atoms with E-state index in [4.69, 9.17) is 4.74 Å². The molecular formula is C26H24F4N6O3. The average Bonchev–Trinajstić information content (AvgIpc) is 3.23. The quantitative estimate of drug-likeness (QED) is 0.231. The van der Waals surface area contributed by atoms with Crippen LogP contribution in [0.3, 0.4) is 0 Å². The number of fused-ring (bicyclic) bond motifs is 1. The molecule has 39 heavy (non-hydrogen) atoms. The molecule has 3 N–H and O–H groups in total. The van der Waals surface area contributed by atoms with Crippen LogP contribution in [0.2, 0.25) is 0 Å².